The molecule has 2 aliphatic rings. The molecular weight excluding hydrogens is 362 g/mol. The van der Waals surface area contributed by atoms with E-state index in [-0.39, 0.29) is 6.79 Å². The minimum Gasteiger partial charge on any atom is -0.454 e. The van der Waals surface area contributed by atoms with E-state index in [0.29, 0.717) is 41.4 Å². The summed E-state index contributed by atoms with van der Waals surface area (Å²) in [6.45, 7) is 2.41. The lowest BCUT2D eigenvalue weighted by Gasteiger charge is -2.35. The van der Waals surface area contributed by atoms with Crippen molar-refractivity contribution in [3.05, 3.63) is 48.0 Å². The van der Waals surface area contributed by atoms with Gasteiger partial charge in [0.25, 0.3) is 17.7 Å². The smallest absolute Gasteiger partial charge is 0.259 e. The Bertz CT molecular complexity index is 959. The van der Waals surface area contributed by atoms with Crippen LogP contribution < -0.4 is 25.0 Å². The van der Waals surface area contributed by atoms with E-state index in [0.717, 1.165) is 0 Å². The molecule has 0 aliphatic carbocycles. The number of anilines is 2. The van der Waals surface area contributed by atoms with Gasteiger partial charge in [-0.15, -0.1) is 0 Å². The molecule has 2 N–H and O–H groups in total. The van der Waals surface area contributed by atoms with Crippen LogP contribution in [0.1, 0.15) is 23.7 Å². The zero-order chi connectivity index (χ0) is 19.7. The minimum atomic E-state index is -1.31. The summed E-state index contributed by atoms with van der Waals surface area (Å²) in [4.78, 5) is 40.0. The lowest BCUT2D eigenvalue weighted by molar-refractivity contribution is -0.128. The summed E-state index contributed by atoms with van der Waals surface area (Å²) in [5.41, 5.74) is 1.23. The van der Waals surface area contributed by atoms with E-state index in [4.69, 9.17) is 9.47 Å². The Kier molecular flexibility index (Phi) is 4.60. The average molecular weight is 381 g/mol. The van der Waals surface area contributed by atoms with Gasteiger partial charge < -0.3 is 20.1 Å². The summed E-state index contributed by atoms with van der Waals surface area (Å²) >= 11 is 0. The van der Waals surface area contributed by atoms with Crippen LogP contribution in [0.25, 0.3) is 0 Å². The zero-order valence-electron chi connectivity index (χ0n) is 15.2. The first-order valence-electron chi connectivity index (χ1n) is 9.01. The highest BCUT2D eigenvalue weighted by Crippen LogP contribution is 2.36. The molecule has 2 aromatic rings. The van der Waals surface area contributed by atoms with Gasteiger partial charge in [-0.2, -0.15) is 0 Å². The van der Waals surface area contributed by atoms with Crippen LogP contribution in [0.2, 0.25) is 0 Å². The topological polar surface area (TPSA) is 97.0 Å². The molecule has 1 atom stereocenters. The van der Waals surface area contributed by atoms with Gasteiger partial charge in [0, 0.05) is 12.1 Å². The van der Waals surface area contributed by atoms with Crippen LogP contribution in [0.5, 0.6) is 11.5 Å². The van der Waals surface area contributed by atoms with Gasteiger partial charge in [0.1, 0.15) is 0 Å². The summed E-state index contributed by atoms with van der Waals surface area (Å²) in [6.07, 6.45) is 0.715. The summed E-state index contributed by atoms with van der Waals surface area (Å²) in [5.74, 6) is -0.556. The molecule has 8 nitrogen and oxygen atoms in total. The number of hydrogen-bond acceptors (Lipinski definition) is 5. The molecule has 0 bridgehead atoms. The Hall–Kier alpha value is -3.55. The third-order valence-electron chi connectivity index (χ3n) is 4.56. The first kappa shape index (κ1) is 17.8. The molecule has 2 aliphatic heterocycles. The van der Waals surface area contributed by atoms with Crippen LogP contribution in [0, 0.1) is 0 Å². The lowest BCUT2D eigenvalue weighted by Crippen LogP contribution is -2.58. The van der Waals surface area contributed by atoms with Crippen molar-refractivity contribution in [1.82, 2.24) is 5.32 Å². The summed E-state index contributed by atoms with van der Waals surface area (Å²) in [5, 5.41) is 5.41. The summed E-state index contributed by atoms with van der Waals surface area (Å²) < 4.78 is 10.6. The van der Waals surface area contributed by atoms with Crippen LogP contribution in [-0.2, 0) is 9.59 Å². The second-order valence-electron chi connectivity index (χ2n) is 6.44. The fourth-order valence-corrected chi connectivity index (χ4v) is 3.22. The molecule has 0 fully saturated rings. The predicted octanol–water partition coefficient (Wildman–Crippen LogP) is 1.91. The molecule has 0 aromatic heterocycles. The van der Waals surface area contributed by atoms with E-state index in [1.54, 1.807) is 42.5 Å². The van der Waals surface area contributed by atoms with Crippen molar-refractivity contribution in [2.45, 2.75) is 19.4 Å². The van der Waals surface area contributed by atoms with Gasteiger partial charge in [-0.3, -0.25) is 19.3 Å². The largest absolute Gasteiger partial charge is 0.454 e. The summed E-state index contributed by atoms with van der Waals surface area (Å²) in [6, 6.07) is 10.4. The van der Waals surface area contributed by atoms with Crippen LogP contribution in [-0.4, -0.2) is 37.1 Å². The molecule has 3 amide bonds. The molecular formula is C20H19N3O5. The monoisotopic (exact) mass is 381 g/mol. The van der Waals surface area contributed by atoms with E-state index >= 15 is 0 Å². The Morgan fingerprint density at radius 2 is 1.96 bits per heavy atom. The van der Waals surface area contributed by atoms with E-state index in [2.05, 4.69) is 10.6 Å². The van der Waals surface area contributed by atoms with Gasteiger partial charge in [0.05, 0.1) is 11.4 Å². The standard InChI is InChI=1S/C20H19N3O5/c1-2-9-21-18(24)17-19(25)22-13-5-3-4-6-14(13)23(17)20(26)12-7-8-15-16(10-12)28-11-27-15/h3-8,10,17H,2,9,11H2,1H3,(H,21,24)(H,22,25). The molecule has 1 unspecified atom stereocenters. The first-order valence-corrected chi connectivity index (χ1v) is 9.01. The summed E-state index contributed by atoms with van der Waals surface area (Å²) in [7, 11) is 0. The van der Waals surface area contributed by atoms with Crippen molar-refractivity contribution in [2.24, 2.45) is 0 Å². The van der Waals surface area contributed by atoms with Gasteiger partial charge >= 0.3 is 0 Å². The van der Waals surface area contributed by atoms with Crippen molar-refractivity contribution in [3.8, 4) is 11.5 Å². The molecule has 2 heterocycles. The molecule has 0 radical (unpaired) electrons. The van der Waals surface area contributed by atoms with E-state index < -0.39 is 23.8 Å². The number of benzene rings is 2. The molecule has 8 heteroatoms. The Morgan fingerprint density at radius 3 is 2.79 bits per heavy atom. The first-order chi connectivity index (χ1) is 13.6. The Morgan fingerprint density at radius 1 is 1.18 bits per heavy atom. The van der Waals surface area contributed by atoms with Crippen molar-refractivity contribution in [2.75, 3.05) is 23.6 Å². The lowest BCUT2D eigenvalue weighted by atomic mass is 10.0. The third-order valence-corrected chi connectivity index (χ3v) is 4.56. The number of nitrogens with one attached hydrogen (secondary N) is 2. The van der Waals surface area contributed by atoms with Crippen molar-refractivity contribution in [1.29, 1.82) is 0 Å². The highest BCUT2D eigenvalue weighted by Gasteiger charge is 2.42. The van der Waals surface area contributed by atoms with E-state index in [9.17, 15) is 14.4 Å². The maximum absolute atomic E-state index is 13.4. The SMILES string of the molecule is CCCNC(=O)C1C(=O)Nc2ccccc2N1C(=O)c1ccc2c(c1)OCO2. The zero-order valence-corrected chi connectivity index (χ0v) is 15.2. The van der Waals surface area contributed by atoms with Gasteiger partial charge in [0.2, 0.25) is 6.79 Å². The van der Waals surface area contributed by atoms with Crippen molar-refractivity contribution in [3.63, 3.8) is 0 Å². The molecule has 0 saturated heterocycles. The van der Waals surface area contributed by atoms with Crippen LogP contribution >= 0.6 is 0 Å². The number of carbonyl (C=O) groups is 3. The number of para-hydroxylation sites is 2. The number of nitrogens with zero attached hydrogens (tertiary/aromatic N) is 1. The molecule has 0 spiro atoms. The number of ether oxygens (including phenoxy) is 2. The molecule has 4 rings (SSSR count). The third kappa shape index (κ3) is 3.02. The highest BCUT2D eigenvalue weighted by molar-refractivity contribution is 6.24. The number of rotatable bonds is 4. The average Bonchev–Trinajstić information content (AvgIpc) is 3.18. The number of fused-ring (bicyclic) bond motifs is 2. The Balaban J connectivity index is 1.76. The number of carbonyl (C=O) groups excluding carboxylic acids is 3. The predicted molar refractivity (Wildman–Crippen MR) is 102 cm³/mol. The molecule has 28 heavy (non-hydrogen) atoms. The molecule has 2 aromatic carbocycles. The van der Waals surface area contributed by atoms with Gasteiger partial charge in [0.15, 0.2) is 17.5 Å². The van der Waals surface area contributed by atoms with Gasteiger partial charge in [-0.05, 0) is 36.8 Å². The maximum Gasteiger partial charge on any atom is 0.259 e. The fraction of sp³-hybridized carbons (Fsp3) is 0.250. The van der Waals surface area contributed by atoms with Crippen molar-refractivity contribution < 1.29 is 23.9 Å². The van der Waals surface area contributed by atoms with E-state index in [1.165, 1.54) is 4.90 Å². The van der Waals surface area contributed by atoms with Gasteiger partial charge in [-0.1, -0.05) is 19.1 Å². The van der Waals surface area contributed by atoms with Crippen LogP contribution in [0.3, 0.4) is 0 Å². The van der Waals surface area contributed by atoms with Crippen LogP contribution in [0.4, 0.5) is 11.4 Å². The Labute approximate surface area is 161 Å². The maximum atomic E-state index is 13.4. The fourth-order valence-electron chi connectivity index (χ4n) is 3.22. The van der Waals surface area contributed by atoms with Crippen LogP contribution in [0.15, 0.2) is 42.5 Å². The number of amides is 3. The second kappa shape index (κ2) is 7.22. The molecule has 0 saturated carbocycles. The highest BCUT2D eigenvalue weighted by atomic mass is 16.7. The second-order valence-corrected chi connectivity index (χ2v) is 6.44. The normalized spacial score (nSPS) is 17.0. The molecule has 144 valence electrons. The van der Waals surface area contributed by atoms with Crippen molar-refractivity contribution >= 4 is 29.1 Å². The van der Waals surface area contributed by atoms with E-state index in [1.807, 2.05) is 6.92 Å². The minimum absolute atomic E-state index is 0.0873. The number of hydrogen-bond donors (Lipinski definition) is 2. The van der Waals surface area contributed by atoms with Gasteiger partial charge in [-0.25, -0.2) is 0 Å². The quantitative estimate of drug-likeness (QED) is 0.789.